The van der Waals surface area contributed by atoms with Crippen LogP contribution in [0.5, 0.6) is 0 Å². The SMILES string of the molecule is Cc1ccc(N2C3=C(C(=O)CCC3)[C@@H](c3cccnc3)C(C#N)=C2n2cccc2)c([N+](=O)[O-])c1. The van der Waals surface area contributed by atoms with Gasteiger partial charge in [0.25, 0.3) is 5.69 Å². The molecule has 1 aromatic carbocycles. The second-order valence-corrected chi connectivity index (χ2v) is 8.38. The monoisotopic (exact) mass is 451 g/mol. The summed E-state index contributed by atoms with van der Waals surface area (Å²) in [4.78, 5) is 31.0. The molecule has 2 aliphatic rings. The number of Topliss-reactive ketones (excluding diaryl/α,β-unsaturated/α-hetero) is 1. The van der Waals surface area contributed by atoms with Gasteiger partial charge in [0.15, 0.2) is 5.78 Å². The predicted molar refractivity (Wildman–Crippen MR) is 126 cm³/mol. The number of allylic oxidation sites excluding steroid dienone is 3. The van der Waals surface area contributed by atoms with Crippen LogP contribution in [0.2, 0.25) is 0 Å². The summed E-state index contributed by atoms with van der Waals surface area (Å²) >= 11 is 0. The first-order valence-electron chi connectivity index (χ1n) is 11.0. The van der Waals surface area contributed by atoms with E-state index in [1.54, 1.807) is 59.4 Å². The summed E-state index contributed by atoms with van der Waals surface area (Å²) in [7, 11) is 0. The van der Waals surface area contributed by atoms with Gasteiger partial charge >= 0.3 is 0 Å². The third-order valence-corrected chi connectivity index (χ3v) is 6.28. The highest BCUT2D eigenvalue weighted by molar-refractivity contribution is 6.03. The molecule has 0 N–H and O–H groups in total. The van der Waals surface area contributed by atoms with E-state index in [0.717, 1.165) is 11.1 Å². The number of aromatic nitrogens is 2. The molecule has 0 saturated heterocycles. The van der Waals surface area contributed by atoms with E-state index in [0.29, 0.717) is 47.6 Å². The van der Waals surface area contributed by atoms with Crippen molar-refractivity contribution < 1.29 is 9.72 Å². The molecular formula is C26H21N5O3. The van der Waals surface area contributed by atoms with Crippen molar-refractivity contribution in [3.8, 4) is 6.07 Å². The Bertz CT molecular complexity index is 1400. The first kappa shape index (κ1) is 21.3. The first-order valence-corrected chi connectivity index (χ1v) is 11.0. The first-order chi connectivity index (χ1) is 16.5. The zero-order valence-corrected chi connectivity index (χ0v) is 18.5. The Morgan fingerprint density at radius 3 is 2.65 bits per heavy atom. The molecule has 8 nitrogen and oxygen atoms in total. The Kier molecular flexibility index (Phi) is 5.30. The summed E-state index contributed by atoms with van der Waals surface area (Å²) in [6, 6.07) is 14.7. The average Bonchev–Trinajstić information content (AvgIpc) is 3.38. The summed E-state index contributed by atoms with van der Waals surface area (Å²) < 4.78 is 1.79. The molecule has 0 amide bonds. The van der Waals surface area contributed by atoms with Crippen molar-refractivity contribution in [1.29, 1.82) is 5.26 Å². The minimum atomic E-state index is -0.598. The lowest BCUT2D eigenvalue weighted by Crippen LogP contribution is -2.37. The van der Waals surface area contributed by atoms with Crippen molar-refractivity contribution >= 4 is 23.0 Å². The molecule has 5 rings (SSSR count). The fourth-order valence-corrected chi connectivity index (χ4v) is 4.88. The lowest BCUT2D eigenvalue weighted by atomic mass is 9.76. The number of ketones is 1. The van der Waals surface area contributed by atoms with Gasteiger partial charge < -0.3 is 4.57 Å². The normalized spacial score (nSPS) is 18.1. The number of nitriles is 1. The molecule has 1 aliphatic heterocycles. The van der Waals surface area contributed by atoms with Gasteiger partial charge in [-0.05, 0) is 55.2 Å². The molecule has 3 aromatic rings. The lowest BCUT2D eigenvalue weighted by Gasteiger charge is -2.40. The maximum atomic E-state index is 13.3. The van der Waals surface area contributed by atoms with Gasteiger partial charge in [-0.25, -0.2) is 0 Å². The van der Waals surface area contributed by atoms with Crippen LogP contribution in [0.1, 0.15) is 36.3 Å². The third kappa shape index (κ3) is 3.39. The molecule has 0 bridgehead atoms. The number of aryl methyl sites for hydroxylation is 1. The van der Waals surface area contributed by atoms with E-state index in [9.17, 15) is 20.2 Å². The van der Waals surface area contributed by atoms with Gasteiger partial charge in [0.1, 0.15) is 11.5 Å². The Labute approximate surface area is 196 Å². The smallest absolute Gasteiger partial charge is 0.293 e. The van der Waals surface area contributed by atoms with Gasteiger partial charge in [-0.15, -0.1) is 0 Å². The zero-order valence-electron chi connectivity index (χ0n) is 18.5. The van der Waals surface area contributed by atoms with Crippen LogP contribution in [0.25, 0.3) is 5.82 Å². The quantitative estimate of drug-likeness (QED) is 0.403. The molecule has 8 heteroatoms. The number of hydrogen-bond acceptors (Lipinski definition) is 6. The predicted octanol–water partition coefficient (Wildman–Crippen LogP) is 5.10. The molecule has 1 aliphatic carbocycles. The summed E-state index contributed by atoms with van der Waals surface area (Å²) in [5, 5.41) is 22.5. The largest absolute Gasteiger partial charge is 0.309 e. The van der Waals surface area contributed by atoms with E-state index in [1.807, 2.05) is 18.2 Å². The minimum absolute atomic E-state index is 0.0471. The fourth-order valence-electron chi connectivity index (χ4n) is 4.88. The highest BCUT2D eigenvalue weighted by Gasteiger charge is 2.43. The molecule has 0 radical (unpaired) electrons. The molecule has 168 valence electrons. The van der Waals surface area contributed by atoms with Crippen LogP contribution in [0, 0.1) is 28.4 Å². The number of hydrogen-bond donors (Lipinski definition) is 0. The van der Waals surface area contributed by atoms with Crippen molar-refractivity contribution in [3.63, 3.8) is 0 Å². The molecular weight excluding hydrogens is 430 g/mol. The van der Waals surface area contributed by atoms with Crippen LogP contribution in [-0.2, 0) is 4.79 Å². The van der Waals surface area contributed by atoms with Crippen LogP contribution in [0.4, 0.5) is 11.4 Å². The van der Waals surface area contributed by atoms with E-state index in [-0.39, 0.29) is 11.5 Å². The molecule has 34 heavy (non-hydrogen) atoms. The lowest BCUT2D eigenvalue weighted by molar-refractivity contribution is -0.384. The summed E-state index contributed by atoms with van der Waals surface area (Å²) in [6.07, 6.45) is 8.49. The van der Waals surface area contributed by atoms with Gasteiger partial charge in [0.2, 0.25) is 0 Å². The second kappa shape index (κ2) is 8.45. The number of rotatable bonds is 4. The van der Waals surface area contributed by atoms with Crippen LogP contribution >= 0.6 is 0 Å². The van der Waals surface area contributed by atoms with Crippen molar-refractivity contribution in [3.05, 3.63) is 105 Å². The fraction of sp³-hybridized carbons (Fsp3) is 0.192. The summed E-state index contributed by atoms with van der Waals surface area (Å²) in [5.74, 6) is -0.157. The van der Waals surface area contributed by atoms with Crippen LogP contribution in [-0.4, -0.2) is 20.3 Å². The number of anilines is 1. The van der Waals surface area contributed by atoms with Crippen molar-refractivity contribution in [2.45, 2.75) is 32.1 Å². The maximum absolute atomic E-state index is 13.3. The molecule has 0 fully saturated rings. The highest BCUT2D eigenvalue weighted by Crippen LogP contribution is 2.50. The minimum Gasteiger partial charge on any atom is -0.309 e. The Morgan fingerprint density at radius 1 is 1.18 bits per heavy atom. The van der Waals surface area contributed by atoms with Crippen molar-refractivity contribution in [2.75, 3.05) is 4.90 Å². The average molecular weight is 451 g/mol. The number of nitrogens with zero attached hydrogens (tertiary/aromatic N) is 5. The number of carbonyl (C=O) groups excluding carboxylic acids is 1. The highest BCUT2D eigenvalue weighted by atomic mass is 16.6. The van der Waals surface area contributed by atoms with Gasteiger partial charge in [-0.2, -0.15) is 5.26 Å². The third-order valence-electron chi connectivity index (χ3n) is 6.28. The van der Waals surface area contributed by atoms with Crippen LogP contribution < -0.4 is 4.90 Å². The molecule has 3 heterocycles. The maximum Gasteiger partial charge on any atom is 0.293 e. The van der Waals surface area contributed by atoms with E-state index in [2.05, 4.69) is 11.1 Å². The summed E-state index contributed by atoms with van der Waals surface area (Å²) in [6.45, 7) is 1.80. The van der Waals surface area contributed by atoms with Gasteiger partial charge in [0, 0.05) is 48.5 Å². The van der Waals surface area contributed by atoms with Gasteiger partial charge in [-0.3, -0.25) is 24.8 Å². The van der Waals surface area contributed by atoms with Crippen molar-refractivity contribution in [2.24, 2.45) is 0 Å². The van der Waals surface area contributed by atoms with Gasteiger partial charge in [-0.1, -0.05) is 12.1 Å². The molecule has 1 atom stereocenters. The number of carbonyl (C=O) groups is 1. The topological polar surface area (TPSA) is 105 Å². The van der Waals surface area contributed by atoms with Crippen LogP contribution in [0.3, 0.4) is 0 Å². The Hall–Kier alpha value is -4.51. The summed E-state index contributed by atoms with van der Waals surface area (Å²) in [5.41, 5.74) is 3.30. The van der Waals surface area contributed by atoms with E-state index < -0.39 is 10.8 Å². The van der Waals surface area contributed by atoms with E-state index in [1.165, 1.54) is 6.07 Å². The van der Waals surface area contributed by atoms with E-state index in [4.69, 9.17) is 0 Å². The zero-order chi connectivity index (χ0) is 23.8. The Morgan fingerprint density at radius 2 is 1.97 bits per heavy atom. The standard InChI is InChI=1S/C26H21N5O3/c1-17-9-10-20(22(14-17)31(33)34)30-21-7-4-8-23(32)25(21)24(18-6-5-11-28-16-18)19(15-27)26(30)29-12-2-3-13-29/h2-3,5-6,9-14,16,24H,4,7-8H2,1H3/t24-/m0/s1. The van der Waals surface area contributed by atoms with Crippen molar-refractivity contribution in [1.82, 2.24) is 9.55 Å². The number of benzene rings is 1. The molecule has 0 spiro atoms. The Balaban J connectivity index is 1.88. The number of nitro groups is 1. The molecule has 0 saturated carbocycles. The van der Waals surface area contributed by atoms with E-state index >= 15 is 0 Å². The molecule has 0 unspecified atom stereocenters. The van der Waals surface area contributed by atoms with Crippen LogP contribution in [0.15, 0.2) is 84.1 Å². The second-order valence-electron chi connectivity index (χ2n) is 8.38. The number of nitro benzene ring substituents is 1. The number of pyridine rings is 1. The molecule has 2 aromatic heterocycles. The van der Waals surface area contributed by atoms with Gasteiger partial charge in [0.05, 0.1) is 22.5 Å².